The van der Waals surface area contributed by atoms with Crippen LogP contribution in [0.5, 0.6) is 5.75 Å². The fraction of sp³-hybridized carbons (Fsp3) is 0.684. The number of ether oxygens (including phenoxy) is 6. The van der Waals surface area contributed by atoms with Gasteiger partial charge in [-0.15, -0.1) is 0 Å². The third-order valence-corrected chi connectivity index (χ3v) is 4.72. The molecular weight excluding hydrogens is 324 g/mol. The highest BCUT2D eigenvalue weighted by Gasteiger charge is 2.59. The van der Waals surface area contributed by atoms with E-state index >= 15 is 0 Å². The van der Waals surface area contributed by atoms with E-state index in [1.54, 1.807) is 0 Å². The van der Waals surface area contributed by atoms with Crippen LogP contribution in [0.1, 0.15) is 33.3 Å². The van der Waals surface area contributed by atoms with Crippen molar-refractivity contribution in [3.63, 3.8) is 0 Å². The van der Waals surface area contributed by atoms with E-state index in [1.807, 2.05) is 58.9 Å². The van der Waals surface area contributed by atoms with Gasteiger partial charge >= 0.3 is 0 Å². The number of benzene rings is 1. The van der Waals surface area contributed by atoms with E-state index in [0.717, 1.165) is 5.75 Å². The first kappa shape index (κ1) is 17.2. The van der Waals surface area contributed by atoms with Crippen LogP contribution >= 0.6 is 0 Å². The molecule has 3 aliphatic rings. The summed E-state index contributed by atoms with van der Waals surface area (Å²) >= 11 is 0. The molecule has 3 saturated heterocycles. The van der Waals surface area contributed by atoms with E-state index in [4.69, 9.17) is 28.4 Å². The highest BCUT2D eigenvalue weighted by Crippen LogP contribution is 2.42. The third kappa shape index (κ3) is 3.41. The SMILES string of the molecule is Cc1ccc(O[C@@H]2[C@H]3OC(C)(C)O[C@H]3O[C@@H]2[C@H]2COC(C)(C)O2)cc1. The lowest BCUT2D eigenvalue weighted by atomic mass is 10.1. The van der Waals surface area contributed by atoms with Gasteiger partial charge in [0.05, 0.1) is 6.61 Å². The summed E-state index contributed by atoms with van der Waals surface area (Å²) in [4.78, 5) is 0. The van der Waals surface area contributed by atoms with Crippen molar-refractivity contribution in [2.24, 2.45) is 0 Å². The molecular formula is C19H26O6. The van der Waals surface area contributed by atoms with Gasteiger partial charge in [0.2, 0.25) is 0 Å². The first-order valence-electron chi connectivity index (χ1n) is 8.79. The van der Waals surface area contributed by atoms with Crippen molar-refractivity contribution in [1.29, 1.82) is 0 Å². The summed E-state index contributed by atoms with van der Waals surface area (Å²) in [6, 6.07) is 7.95. The van der Waals surface area contributed by atoms with Gasteiger partial charge in [0.15, 0.2) is 30.1 Å². The molecule has 3 aliphatic heterocycles. The fourth-order valence-corrected chi connectivity index (χ4v) is 3.59. The first-order valence-corrected chi connectivity index (χ1v) is 8.79. The molecule has 6 nitrogen and oxygen atoms in total. The molecule has 0 bridgehead atoms. The van der Waals surface area contributed by atoms with Crippen molar-refractivity contribution in [2.45, 2.75) is 76.9 Å². The average molecular weight is 350 g/mol. The average Bonchev–Trinajstić information content (AvgIpc) is 3.12. The number of rotatable bonds is 3. The summed E-state index contributed by atoms with van der Waals surface area (Å²) in [5, 5.41) is 0. The summed E-state index contributed by atoms with van der Waals surface area (Å²) < 4.78 is 36.0. The Morgan fingerprint density at radius 2 is 1.64 bits per heavy atom. The highest BCUT2D eigenvalue weighted by atomic mass is 16.8. The van der Waals surface area contributed by atoms with Crippen molar-refractivity contribution in [3.05, 3.63) is 29.8 Å². The maximum atomic E-state index is 6.27. The number of hydrogen-bond donors (Lipinski definition) is 0. The van der Waals surface area contributed by atoms with Crippen LogP contribution in [0.25, 0.3) is 0 Å². The molecule has 4 rings (SSSR count). The summed E-state index contributed by atoms with van der Waals surface area (Å²) in [6.45, 7) is 10.1. The Balaban J connectivity index is 1.56. The zero-order chi connectivity index (χ0) is 17.8. The lowest BCUT2D eigenvalue weighted by Gasteiger charge is -2.29. The number of aryl methyl sites for hydroxylation is 1. The maximum absolute atomic E-state index is 6.27. The van der Waals surface area contributed by atoms with Crippen molar-refractivity contribution in [2.75, 3.05) is 6.61 Å². The smallest absolute Gasteiger partial charge is 0.191 e. The van der Waals surface area contributed by atoms with Crippen LogP contribution in [0, 0.1) is 6.92 Å². The number of hydrogen-bond acceptors (Lipinski definition) is 6. The molecule has 1 aromatic carbocycles. The predicted octanol–water partition coefficient (Wildman–Crippen LogP) is 2.77. The van der Waals surface area contributed by atoms with Crippen molar-refractivity contribution in [3.8, 4) is 5.75 Å². The molecule has 3 heterocycles. The standard InChI is InChI=1S/C19H26O6/c1-11-6-8-12(9-7-11)21-15-14(13-10-20-18(2,3)23-13)22-17-16(15)24-19(4,5)25-17/h6-9,13-17H,10H2,1-5H3/t13-,14-,15+,16-,17-/m1/s1. The zero-order valence-corrected chi connectivity index (χ0v) is 15.4. The predicted molar refractivity (Wildman–Crippen MR) is 89.2 cm³/mol. The van der Waals surface area contributed by atoms with E-state index in [2.05, 4.69) is 0 Å². The topological polar surface area (TPSA) is 55.4 Å². The second kappa shape index (κ2) is 5.93. The van der Waals surface area contributed by atoms with E-state index in [0.29, 0.717) is 6.61 Å². The molecule has 5 atom stereocenters. The van der Waals surface area contributed by atoms with E-state index in [1.165, 1.54) is 5.56 Å². The molecule has 0 saturated carbocycles. The molecule has 3 fully saturated rings. The molecule has 0 amide bonds. The summed E-state index contributed by atoms with van der Waals surface area (Å²) in [5.74, 6) is -0.542. The van der Waals surface area contributed by atoms with Crippen molar-refractivity contribution >= 4 is 0 Å². The second-order valence-electron chi connectivity index (χ2n) is 7.83. The van der Waals surface area contributed by atoms with Gasteiger partial charge in [-0.1, -0.05) is 17.7 Å². The Kier molecular flexibility index (Phi) is 4.09. The van der Waals surface area contributed by atoms with Crippen molar-refractivity contribution < 1.29 is 28.4 Å². The lowest BCUT2D eigenvalue weighted by molar-refractivity contribution is -0.230. The van der Waals surface area contributed by atoms with Crippen LogP contribution in [0.3, 0.4) is 0 Å². The minimum absolute atomic E-state index is 0.230. The first-order chi connectivity index (χ1) is 11.7. The van der Waals surface area contributed by atoms with E-state index < -0.39 is 17.9 Å². The quantitative estimate of drug-likeness (QED) is 0.836. The van der Waals surface area contributed by atoms with Gasteiger partial charge in [-0.3, -0.25) is 0 Å². The Morgan fingerprint density at radius 3 is 2.28 bits per heavy atom. The van der Waals surface area contributed by atoms with Crippen LogP contribution in [0.2, 0.25) is 0 Å². The van der Waals surface area contributed by atoms with E-state index in [9.17, 15) is 0 Å². The van der Waals surface area contributed by atoms with Crippen LogP contribution in [-0.2, 0) is 23.7 Å². The Hall–Kier alpha value is -1.18. The van der Waals surface area contributed by atoms with Crippen molar-refractivity contribution in [1.82, 2.24) is 0 Å². The molecule has 0 aliphatic carbocycles. The largest absolute Gasteiger partial charge is 0.485 e. The van der Waals surface area contributed by atoms with Gasteiger partial charge < -0.3 is 28.4 Å². The molecule has 0 aromatic heterocycles. The van der Waals surface area contributed by atoms with Gasteiger partial charge in [-0.25, -0.2) is 0 Å². The Bertz CT molecular complexity index is 625. The molecule has 138 valence electrons. The second-order valence-corrected chi connectivity index (χ2v) is 7.83. The minimum atomic E-state index is -0.693. The lowest BCUT2D eigenvalue weighted by Crippen LogP contribution is -2.45. The Labute approximate surface area is 148 Å². The van der Waals surface area contributed by atoms with Gasteiger partial charge in [0.25, 0.3) is 0 Å². The monoisotopic (exact) mass is 350 g/mol. The molecule has 0 spiro atoms. The molecule has 0 radical (unpaired) electrons. The maximum Gasteiger partial charge on any atom is 0.191 e. The fourth-order valence-electron chi connectivity index (χ4n) is 3.59. The van der Waals surface area contributed by atoms with Gasteiger partial charge in [0.1, 0.15) is 18.0 Å². The van der Waals surface area contributed by atoms with Gasteiger partial charge in [-0.05, 0) is 46.8 Å². The molecule has 0 N–H and O–H groups in total. The van der Waals surface area contributed by atoms with Gasteiger partial charge in [0, 0.05) is 0 Å². The van der Waals surface area contributed by atoms with Crippen LogP contribution in [-0.4, -0.2) is 48.9 Å². The van der Waals surface area contributed by atoms with Crippen LogP contribution < -0.4 is 4.74 Å². The summed E-state index contributed by atoms with van der Waals surface area (Å²) in [6.07, 6.45) is -1.67. The zero-order valence-electron chi connectivity index (χ0n) is 15.4. The summed E-state index contributed by atoms with van der Waals surface area (Å²) in [7, 11) is 0. The molecule has 0 unspecified atom stereocenters. The van der Waals surface area contributed by atoms with Crippen LogP contribution in [0.4, 0.5) is 0 Å². The number of fused-ring (bicyclic) bond motifs is 1. The molecule has 6 heteroatoms. The van der Waals surface area contributed by atoms with E-state index in [-0.39, 0.29) is 24.4 Å². The normalized spacial score (nSPS) is 38.7. The third-order valence-electron chi connectivity index (χ3n) is 4.72. The van der Waals surface area contributed by atoms with Gasteiger partial charge in [-0.2, -0.15) is 0 Å². The highest BCUT2D eigenvalue weighted by molar-refractivity contribution is 5.27. The summed E-state index contributed by atoms with van der Waals surface area (Å²) in [5.41, 5.74) is 1.18. The molecule has 1 aromatic rings. The minimum Gasteiger partial charge on any atom is -0.485 e. The Morgan fingerprint density at radius 1 is 0.920 bits per heavy atom. The van der Waals surface area contributed by atoms with Crippen LogP contribution in [0.15, 0.2) is 24.3 Å². The molecule has 25 heavy (non-hydrogen) atoms.